The van der Waals surface area contributed by atoms with E-state index < -0.39 is 5.82 Å². The van der Waals surface area contributed by atoms with E-state index in [2.05, 4.69) is 4.98 Å². The third-order valence-electron chi connectivity index (χ3n) is 3.17. The predicted molar refractivity (Wildman–Crippen MR) is 78.3 cm³/mol. The number of carbonyl (C=O) groups excluding carboxylic acids is 1. The number of pyridine rings is 1. The molecule has 104 valence electrons. The number of hydrogen-bond acceptors (Lipinski definition) is 3. The van der Waals surface area contributed by atoms with Crippen LogP contribution in [0.25, 0.3) is 10.9 Å². The molecule has 4 heteroatoms. The van der Waals surface area contributed by atoms with Gasteiger partial charge in [0.05, 0.1) is 5.56 Å². The smallest absolute Gasteiger partial charge is 0.156 e. The Morgan fingerprint density at radius 3 is 2.62 bits per heavy atom. The molecule has 0 unspecified atom stereocenters. The number of aryl methyl sites for hydroxylation is 1. The van der Waals surface area contributed by atoms with E-state index in [9.17, 15) is 9.18 Å². The van der Waals surface area contributed by atoms with Gasteiger partial charge in [0.1, 0.15) is 17.1 Å². The minimum absolute atomic E-state index is 0.0952. The number of rotatable bonds is 3. The molecule has 0 fully saturated rings. The van der Waals surface area contributed by atoms with Crippen LogP contribution in [-0.4, -0.2) is 11.3 Å². The van der Waals surface area contributed by atoms with Crippen molar-refractivity contribution >= 4 is 17.2 Å². The van der Waals surface area contributed by atoms with Gasteiger partial charge in [-0.05, 0) is 31.2 Å². The number of benzene rings is 2. The SMILES string of the molecule is Cc1ccc2cccc(Oc3cccc(F)c3C=O)c2n1. The molecule has 0 bridgehead atoms. The summed E-state index contributed by atoms with van der Waals surface area (Å²) >= 11 is 0. The van der Waals surface area contributed by atoms with Crippen LogP contribution >= 0.6 is 0 Å². The van der Waals surface area contributed by atoms with Crippen LogP contribution in [-0.2, 0) is 0 Å². The van der Waals surface area contributed by atoms with E-state index >= 15 is 0 Å². The molecular formula is C17H12FNO2. The van der Waals surface area contributed by atoms with Crippen LogP contribution in [0.15, 0.2) is 48.5 Å². The van der Waals surface area contributed by atoms with Gasteiger partial charge in [-0.3, -0.25) is 4.79 Å². The maximum absolute atomic E-state index is 13.6. The number of ether oxygens (including phenoxy) is 1. The Labute approximate surface area is 121 Å². The van der Waals surface area contributed by atoms with Gasteiger partial charge in [0, 0.05) is 11.1 Å². The van der Waals surface area contributed by atoms with E-state index in [4.69, 9.17) is 4.74 Å². The first-order valence-corrected chi connectivity index (χ1v) is 6.47. The second kappa shape index (κ2) is 5.32. The Morgan fingerprint density at radius 1 is 1.05 bits per heavy atom. The van der Waals surface area contributed by atoms with Crippen LogP contribution in [0.2, 0.25) is 0 Å². The van der Waals surface area contributed by atoms with E-state index in [0.29, 0.717) is 17.6 Å². The van der Waals surface area contributed by atoms with E-state index in [0.717, 1.165) is 11.1 Å². The standard InChI is InChI=1S/C17H12FNO2/c1-11-8-9-12-4-2-7-16(17(12)19-11)21-15-6-3-5-14(18)13(15)10-20/h2-10H,1H3. The van der Waals surface area contributed by atoms with Gasteiger partial charge in [-0.15, -0.1) is 0 Å². The lowest BCUT2D eigenvalue weighted by atomic mass is 10.2. The normalized spacial score (nSPS) is 10.6. The number of nitrogens with zero attached hydrogens (tertiary/aromatic N) is 1. The number of aldehydes is 1. The van der Waals surface area contributed by atoms with E-state index in [-0.39, 0.29) is 11.3 Å². The van der Waals surface area contributed by atoms with Crippen LogP contribution in [0.4, 0.5) is 4.39 Å². The molecule has 1 aromatic heterocycles. The van der Waals surface area contributed by atoms with Gasteiger partial charge >= 0.3 is 0 Å². The number of fused-ring (bicyclic) bond motifs is 1. The molecule has 2 aromatic carbocycles. The monoisotopic (exact) mass is 281 g/mol. The Balaban J connectivity index is 2.12. The second-order valence-corrected chi connectivity index (χ2v) is 4.65. The zero-order chi connectivity index (χ0) is 14.8. The number of hydrogen-bond donors (Lipinski definition) is 0. The molecule has 0 saturated heterocycles. The van der Waals surface area contributed by atoms with E-state index in [1.165, 1.54) is 12.1 Å². The molecule has 0 N–H and O–H groups in total. The van der Waals surface area contributed by atoms with Gasteiger partial charge in [0.15, 0.2) is 12.0 Å². The lowest BCUT2D eigenvalue weighted by Crippen LogP contribution is -1.95. The molecular weight excluding hydrogens is 269 g/mol. The molecule has 0 amide bonds. The lowest BCUT2D eigenvalue weighted by Gasteiger charge is -2.10. The van der Waals surface area contributed by atoms with Crippen LogP contribution in [0.5, 0.6) is 11.5 Å². The molecule has 0 saturated carbocycles. The maximum atomic E-state index is 13.6. The van der Waals surface area contributed by atoms with Gasteiger partial charge in [-0.2, -0.15) is 0 Å². The minimum atomic E-state index is -0.605. The summed E-state index contributed by atoms with van der Waals surface area (Å²) in [5.41, 5.74) is 1.44. The Morgan fingerprint density at radius 2 is 1.81 bits per heavy atom. The lowest BCUT2D eigenvalue weighted by molar-refractivity contribution is 0.111. The Kier molecular flexibility index (Phi) is 3.36. The zero-order valence-electron chi connectivity index (χ0n) is 11.3. The van der Waals surface area contributed by atoms with E-state index in [1.807, 2.05) is 31.2 Å². The fraction of sp³-hybridized carbons (Fsp3) is 0.0588. The van der Waals surface area contributed by atoms with Crippen LogP contribution < -0.4 is 4.74 Å². The van der Waals surface area contributed by atoms with Crippen molar-refractivity contribution in [2.45, 2.75) is 6.92 Å². The molecule has 21 heavy (non-hydrogen) atoms. The van der Waals surface area contributed by atoms with Gasteiger partial charge in [-0.1, -0.05) is 24.3 Å². The molecule has 0 spiro atoms. The van der Waals surface area contributed by atoms with Crippen molar-refractivity contribution in [3.8, 4) is 11.5 Å². The molecule has 0 aliphatic carbocycles. The summed E-state index contributed by atoms with van der Waals surface area (Å²) in [5.74, 6) is 0.0672. The van der Waals surface area contributed by atoms with Crippen LogP contribution in [0.1, 0.15) is 16.1 Å². The molecule has 3 aromatic rings. The largest absolute Gasteiger partial charge is 0.454 e. The van der Waals surface area contributed by atoms with Gasteiger partial charge in [0.25, 0.3) is 0 Å². The Hall–Kier alpha value is -2.75. The van der Waals surface area contributed by atoms with Crippen molar-refractivity contribution in [3.63, 3.8) is 0 Å². The summed E-state index contributed by atoms with van der Waals surface area (Å²) in [7, 11) is 0. The maximum Gasteiger partial charge on any atom is 0.156 e. The molecule has 3 rings (SSSR count). The van der Waals surface area contributed by atoms with Gasteiger partial charge < -0.3 is 4.74 Å². The quantitative estimate of drug-likeness (QED) is 0.672. The first-order chi connectivity index (χ1) is 10.2. The summed E-state index contributed by atoms with van der Waals surface area (Å²) in [6, 6.07) is 13.6. The molecule has 0 aliphatic heterocycles. The summed E-state index contributed by atoms with van der Waals surface area (Å²) < 4.78 is 19.3. The van der Waals surface area contributed by atoms with Crippen molar-refractivity contribution in [1.82, 2.24) is 4.98 Å². The zero-order valence-corrected chi connectivity index (χ0v) is 11.3. The molecule has 0 radical (unpaired) electrons. The highest BCUT2D eigenvalue weighted by molar-refractivity contribution is 5.85. The molecule has 3 nitrogen and oxygen atoms in total. The highest BCUT2D eigenvalue weighted by Gasteiger charge is 2.11. The fourth-order valence-electron chi connectivity index (χ4n) is 2.14. The fourth-order valence-corrected chi connectivity index (χ4v) is 2.14. The topological polar surface area (TPSA) is 39.2 Å². The second-order valence-electron chi connectivity index (χ2n) is 4.65. The minimum Gasteiger partial charge on any atom is -0.454 e. The molecule has 0 atom stereocenters. The van der Waals surface area contributed by atoms with Crippen molar-refractivity contribution in [3.05, 3.63) is 65.6 Å². The van der Waals surface area contributed by atoms with Crippen molar-refractivity contribution in [2.75, 3.05) is 0 Å². The average Bonchev–Trinajstić information content (AvgIpc) is 2.48. The summed E-state index contributed by atoms with van der Waals surface area (Å²) in [4.78, 5) is 15.5. The Bertz CT molecular complexity index is 830. The highest BCUT2D eigenvalue weighted by atomic mass is 19.1. The summed E-state index contributed by atoms with van der Waals surface area (Å²) in [5, 5.41) is 0.919. The predicted octanol–water partition coefficient (Wildman–Crippen LogP) is 4.29. The highest BCUT2D eigenvalue weighted by Crippen LogP contribution is 2.31. The molecule has 0 aliphatic rings. The number of aromatic nitrogens is 1. The number of para-hydroxylation sites is 1. The third kappa shape index (κ3) is 2.48. The van der Waals surface area contributed by atoms with Crippen molar-refractivity contribution < 1.29 is 13.9 Å². The third-order valence-corrected chi connectivity index (χ3v) is 3.17. The first-order valence-electron chi connectivity index (χ1n) is 6.47. The summed E-state index contributed by atoms with van der Waals surface area (Å²) in [6.45, 7) is 1.88. The van der Waals surface area contributed by atoms with Gasteiger partial charge in [-0.25, -0.2) is 9.37 Å². The van der Waals surface area contributed by atoms with Crippen LogP contribution in [0, 0.1) is 12.7 Å². The van der Waals surface area contributed by atoms with Crippen molar-refractivity contribution in [1.29, 1.82) is 0 Å². The van der Waals surface area contributed by atoms with Crippen molar-refractivity contribution in [2.24, 2.45) is 0 Å². The van der Waals surface area contributed by atoms with E-state index in [1.54, 1.807) is 12.1 Å². The average molecular weight is 281 g/mol. The van der Waals surface area contributed by atoms with Gasteiger partial charge in [0.2, 0.25) is 0 Å². The number of carbonyl (C=O) groups is 1. The molecule has 1 heterocycles. The number of halogens is 1. The van der Waals surface area contributed by atoms with Crippen LogP contribution in [0.3, 0.4) is 0 Å². The summed E-state index contributed by atoms with van der Waals surface area (Å²) in [6.07, 6.45) is 0.453. The first kappa shape index (κ1) is 13.2.